The maximum Gasteiger partial charge on any atom is 0.258 e. The van der Waals surface area contributed by atoms with Crippen molar-refractivity contribution in [3.05, 3.63) is 53.7 Å². The summed E-state index contributed by atoms with van der Waals surface area (Å²) >= 11 is 0. The summed E-state index contributed by atoms with van der Waals surface area (Å²) in [5.74, 6) is 1.32. The molecule has 0 unspecified atom stereocenters. The van der Waals surface area contributed by atoms with Gasteiger partial charge in [-0.25, -0.2) is 9.97 Å². The molecule has 4 rings (SSSR count). The van der Waals surface area contributed by atoms with Crippen LogP contribution in [0.5, 0.6) is 11.6 Å². The van der Waals surface area contributed by atoms with E-state index < -0.39 is 0 Å². The first kappa shape index (κ1) is 23.9. The van der Waals surface area contributed by atoms with Gasteiger partial charge in [0.05, 0.1) is 18.4 Å². The number of ether oxygens (including phenoxy) is 2. The lowest BCUT2D eigenvalue weighted by molar-refractivity contribution is 0.0823. The van der Waals surface area contributed by atoms with E-state index in [-0.39, 0.29) is 17.9 Å². The second kappa shape index (κ2) is 10.8. The Morgan fingerprint density at radius 3 is 2.69 bits per heavy atom. The molecule has 0 spiro atoms. The summed E-state index contributed by atoms with van der Waals surface area (Å²) in [6.07, 6.45) is 3.55. The SMILES string of the molecule is COc1nc(Nc2nccc(-c3ccc(OC4CCNCC4)c(C#N)c3)n2)ccc1C(=O)N(C)C. The molecule has 1 fully saturated rings. The van der Waals surface area contributed by atoms with Crippen LogP contribution in [0.1, 0.15) is 28.8 Å². The van der Waals surface area contributed by atoms with Crippen LogP contribution in [-0.2, 0) is 0 Å². The summed E-state index contributed by atoms with van der Waals surface area (Å²) in [6.45, 7) is 1.83. The van der Waals surface area contributed by atoms with Gasteiger partial charge in [0.15, 0.2) is 0 Å². The minimum absolute atomic E-state index is 0.105. The Bertz CT molecular complexity index is 1250. The first-order valence-electron chi connectivity index (χ1n) is 11.3. The molecule has 2 N–H and O–H groups in total. The normalized spacial score (nSPS) is 13.5. The Hall–Kier alpha value is -4.23. The summed E-state index contributed by atoms with van der Waals surface area (Å²) in [5, 5.41) is 16.0. The first-order chi connectivity index (χ1) is 17.0. The summed E-state index contributed by atoms with van der Waals surface area (Å²) < 4.78 is 11.4. The van der Waals surface area contributed by atoms with E-state index in [4.69, 9.17) is 9.47 Å². The zero-order valence-electron chi connectivity index (χ0n) is 19.9. The van der Waals surface area contributed by atoms with Crippen LogP contribution in [-0.4, -0.2) is 66.2 Å². The second-order valence-electron chi connectivity index (χ2n) is 8.23. The Labute approximate surface area is 203 Å². The third-order valence-corrected chi connectivity index (χ3v) is 5.56. The molecule has 180 valence electrons. The number of nitrogens with one attached hydrogen (secondary N) is 2. The van der Waals surface area contributed by atoms with E-state index in [1.165, 1.54) is 12.0 Å². The molecule has 0 radical (unpaired) electrons. The molecule has 1 aromatic carbocycles. The van der Waals surface area contributed by atoms with Crippen LogP contribution in [0, 0.1) is 11.3 Å². The van der Waals surface area contributed by atoms with Crippen LogP contribution >= 0.6 is 0 Å². The fourth-order valence-electron chi connectivity index (χ4n) is 3.74. The highest BCUT2D eigenvalue weighted by molar-refractivity contribution is 5.96. The molecule has 10 nitrogen and oxygen atoms in total. The van der Waals surface area contributed by atoms with Gasteiger partial charge in [-0.2, -0.15) is 10.2 Å². The van der Waals surface area contributed by atoms with Crippen molar-refractivity contribution in [2.45, 2.75) is 18.9 Å². The fourth-order valence-corrected chi connectivity index (χ4v) is 3.74. The van der Waals surface area contributed by atoms with E-state index in [0.29, 0.717) is 34.3 Å². The van der Waals surface area contributed by atoms with E-state index in [2.05, 4.69) is 31.7 Å². The quantitative estimate of drug-likeness (QED) is 0.533. The Balaban J connectivity index is 1.54. The number of rotatable bonds is 7. The van der Waals surface area contributed by atoms with Crippen molar-refractivity contribution in [2.24, 2.45) is 0 Å². The lowest BCUT2D eigenvalue weighted by Crippen LogP contribution is -2.34. The molecule has 0 atom stereocenters. The molecule has 0 saturated carbocycles. The second-order valence-corrected chi connectivity index (χ2v) is 8.23. The van der Waals surface area contributed by atoms with Gasteiger partial charge in [0.2, 0.25) is 11.8 Å². The van der Waals surface area contributed by atoms with Gasteiger partial charge in [0, 0.05) is 25.9 Å². The summed E-state index contributed by atoms with van der Waals surface area (Å²) in [5.41, 5.74) is 2.22. The molecule has 1 saturated heterocycles. The Morgan fingerprint density at radius 2 is 1.97 bits per heavy atom. The lowest BCUT2D eigenvalue weighted by atomic mass is 10.1. The van der Waals surface area contributed by atoms with Crippen LogP contribution in [0.25, 0.3) is 11.3 Å². The lowest BCUT2D eigenvalue weighted by Gasteiger charge is -2.24. The monoisotopic (exact) mass is 473 g/mol. The fraction of sp³-hybridized carbons (Fsp3) is 0.320. The number of carbonyl (C=O) groups is 1. The Morgan fingerprint density at radius 1 is 1.17 bits per heavy atom. The molecule has 35 heavy (non-hydrogen) atoms. The zero-order chi connectivity index (χ0) is 24.8. The van der Waals surface area contributed by atoms with Gasteiger partial charge in [0.25, 0.3) is 5.91 Å². The molecule has 3 heterocycles. The average molecular weight is 474 g/mol. The van der Waals surface area contributed by atoms with Crippen molar-refractivity contribution in [2.75, 3.05) is 39.6 Å². The van der Waals surface area contributed by atoms with Crippen LogP contribution in [0.4, 0.5) is 11.8 Å². The number of hydrogen-bond donors (Lipinski definition) is 2. The maximum atomic E-state index is 12.3. The number of nitriles is 1. The van der Waals surface area contributed by atoms with Crippen molar-refractivity contribution in [1.82, 2.24) is 25.2 Å². The summed E-state index contributed by atoms with van der Waals surface area (Å²) in [6, 6.07) is 12.8. The molecule has 1 amide bonds. The first-order valence-corrected chi connectivity index (χ1v) is 11.3. The Kier molecular flexibility index (Phi) is 7.38. The number of amides is 1. The van der Waals surface area contributed by atoms with Crippen molar-refractivity contribution >= 4 is 17.7 Å². The minimum atomic E-state index is -0.208. The highest BCUT2D eigenvalue weighted by Gasteiger charge is 2.18. The van der Waals surface area contributed by atoms with Crippen LogP contribution in [0.15, 0.2) is 42.6 Å². The topological polar surface area (TPSA) is 125 Å². The third-order valence-electron chi connectivity index (χ3n) is 5.56. The summed E-state index contributed by atoms with van der Waals surface area (Å²) in [4.78, 5) is 27.0. The molecule has 0 bridgehead atoms. The molecule has 0 aliphatic carbocycles. The molecule has 3 aromatic rings. The predicted molar refractivity (Wildman–Crippen MR) is 131 cm³/mol. The van der Waals surface area contributed by atoms with Gasteiger partial charge in [-0.1, -0.05) is 0 Å². The van der Waals surface area contributed by atoms with Crippen molar-refractivity contribution in [1.29, 1.82) is 5.26 Å². The van der Waals surface area contributed by atoms with Gasteiger partial charge in [-0.3, -0.25) is 4.79 Å². The van der Waals surface area contributed by atoms with Gasteiger partial charge < -0.3 is 25.0 Å². The van der Waals surface area contributed by atoms with E-state index in [1.807, 2.05) is 12.1 Å². The number of piperidine rings is 1. The predicted octanol–water partition coefficient (Wildman–Crippen LogP) is 3.00. The average Bonchev–Trinajstić information content (AvgIpc) is 2.89. The molecular weight excluding hydrogens is 446 g/mol. The molecule has 1 aliphatic heterocycles. The zero-order valence-corrected chi connectivity index (χ0v) is 19.9. The molecular formula is C25H27N7O3. The minimum Gasteiger partial charge on any atom is -0.489 e. The van der Waals surface area contributed by atoms with E-state index >= 15 is 0 Å². The highest BCUT2D eigenvalue weighted by Crippen LogP contribution is 2.28. The van der Waals surface area contributed by atoms with Crippen molar-refractivity contribution in [3.63, 3.8) is 0 Å². The van der Waals surface area contributed by atoms with Gasteiger partial charge in [-0.05, 0) is 62.3 Å². The number of carbonyl (C=O) groups excluding carboxylic acids is 1. The third kappa shape index (κ3) is 5.65. The maximum absolute atomic E-state index is 12.3. The largest absolute Gasteiger partial charge is 0.489 e. The number of hydrogen-bond acceptors (Lipinski definition) is 9. The van der Waals surface area contributed by atoms with Crippen LogP contribution in [0.3, 0.4) is 0 Å². The standard InChI is InChI=1S/C25H27N7O3/c1-32(2)24(33)19-5-7-22(30-23(19)34-3)31-25-28-13-10-20(29-25)16-4-6-21(17(14-16)15-26)35-18-8-11-27-12-9-18/h4-7,10,13-14,18,27H,8-9,11-12H2,1-3H3,(H,28,29,30,31). The highest BCUT2D eigenvalue weighted by atomic mass is 16.5. The van der Waals surface area contributed by atoms with Crippen molar-refractivity contribution in [3.8, 4) is 29.0 Å². The van der Waals surface area contributed by atoms with Crippen LogP contribution in [0.2, 0.25) is 0 Å². The van der Waals surface area contributed by atoms with Gasteiger partial charge >= 0.3 is 0 Å². The number of aromatic nitrogens is 3. The number of nitrogens with zero attached hydrogens (tertiary/aromatic N) is 5. The molecule has 2 aromatic heterocycles. The van der Waals surface area contributed by atoms with Gasteiger partial charge in [0.1, 0.15) is 29.3 Å². The molecule has 10 heteroatoms. The number of benzene rings is 1. The van der Waals surface area contributed by atoms with E-state index in [1.54, 1.807) is 44.6 Å². The van der Waals surface area contributed by atoms with E-state index in [0.717, 1.165) is 31.5 Å². The smallest absolute Gasteiger partial charge is 0.258 e. The number of anilines is 2. The van der Waals surface area contributed by atoms with E-state index in [9.17, 15) is 10.1 Å². The van der Waals surface area contributed by atoms with Crippen LogP contribution < -0.4 is 20.1 Å². The number of pyridine rings is 1. The summed E-state index contributed by atoms with van der Waals surface area (Å²) in [7, 11) is 4.79. The van der Waals surface area contributed by atoms with Crippen molar-refractivity contribution < 1.29 is 14.3 Å². The molecule has 1 aliphatic rings. The van der Waals surface area contributed by atoms with Gasteiger partial charge in [-0.15, -0.1) is 0 Å². The number of methoxy groups -OCH3 is 1.